The van der Waals surface area contributed by atoms with E-state index in [0.29, 0.717) is 23.2 Å². The van der Waals surface area contributed by atoms with E-state index >= 15 is 0 Å². The van der Waals surface area contributed by atoms with Gasteiger partial charge in [0.15, 0.2) is 0 Å². The van der Waals surface area contributed by atoms with Crippen molar-refractivity contribution in [2.24, 2.45) is 17.3 Å². The zero-order valence-corrected chi connectivity index (χ0v) is 10.3. The van der Waals surface area contributed by atoms with Crippen LogP contribution in [-0.4, -0.2) is 23.9 Å². The Balaban J connectivity index is 1.94. The van der Waals surface area contributed by atoms with Crippen LogP contribution in [0, 0.1) is 17.3 Å². The van der Waals surface area contributed by atoms with Gasteiger partial charge in [-0.25, -0.2) is 0 Å². The highest BCUT2D eigenvalue weighted by molar-refractivity contribution is 5.81. The standard InChI is InChI=1S/C13H23NO/c1-13(2,3)11-5-4-8-14(9-11)12(15)10-6-7-10/h10-11H,4-9H2,1-3H3. The van der Waals surface area contributed by atoms with Gasteiger partial charge in [0.25, 0.3) is 0 Å². The molecule has 15 heavy (non-hydrogen) atoms. The smallest absolute Gasteiger partial charge is 0.225 e. The van der Waals surface area contributed by atoms with Crippen molar-refractivity contribution in [3.63, 3.8) is 0 Å². The van der Waals surface area contributed by atoms with Crippen molar-refractivity contribution >= 4 is 5.91 Å². The Kier molecular flexibility index (Phi) is 2.78. The first-order valence-corrected chi connectivity index (χ1v) is 6.27. The molecule has 1 saturated carbocycles. The van der Waals surface area contributed by atoms with Crippen molar-refractivity contribution in [2.75, 3.05) is 13.1 Å². The van der Waals surface area contributed by atoms with Gasteiger partial charge in [-0.15, -0.1) is 0 Å². The van der Waals surface area contributed by atoms with Crippen LogP contribution in [0.1, 0.15) is 46.5 Å². The summed E-state index contributed by atoms with van der Waals surface area (Å²) in [5.74, 6) is 1.52. The van der Waals surface area contributed by atoms with E-state index in [-0.39, 0.29) is 0 Å². The number of amides is 1. The maximum atomic E-state index is 12.0. The molecule has 0 aromatic rings. The molecule has 1 unspecified atom stereocenters. The molecule has 0 aromatic heterocycles. The zero-order valence-electron chi connectivity index (χ0n) is 10.3. The topological polar surface area (TPSA) is 20.3 Å². The van der Waals surface area contributed by atoms with E-state index in [2.05, 4.69) is 25.7 Å². The molecule has 0 bridgehead atoms. The maximum absolute atomic E-state index is 12.0. The van der Waals surface area contributed by atoms with Gasteiger partial charge in [0.2, 0.25) is 5.91 Å². The second kappa shape index (κ2) is 3.80. The Morgan fingerprint density at radius 1 is 1.20 bits per heavy atom. The molecule has 1 atom stereocenters. The predicted octanol–water partition coefficient (Wildman–Crippen LogP) is 2.68. The van der Waals surface area contributed by atoms with E-state index in [1.807, 2.05) is 0 Å². The molecule has 1 aliphatic carbocycles. The summed E-state index contributed by atoms with van der Waals surface area (Å²) in [6.45, 7) is 8.88. The van der Waals surface area contributed by atoms with Crippen LogP contribution in [0.25, 0.3) is 0 Å². The third-order valence-electron chi connectivity index (χ3n) is 3.88. The van der Waals surface area contributed by atoms with Gasteiger partial charge in [-0.05, 0) is 37.0 Å². The molecule has 2 aliphatic rings. The summed E-state index contributed by atoms with van der Waals surface area (Å²) in [7, 11) is 0. The number of carbonyl (C=O) groups is 1. The van der Waals surface area contributed by atoms with Gasteiger partial charge < -0.3 is 4.90 Å². The Morgan fingerprint density at radius 3 is 2.40 bits per heavy atom. The monoisotopic (exact) mass is 209 g/mol. The third-order valence-corrected chi connectivity index (χ3v) is 3.88. The van der Waals surface area contributed by atoms with Crippen molar-refractivity contribution < 1.29 is 4.79 Å². The van der Waals surface area contributed by atoms with E-state index in [9.17, 15) is 4.79 Å². The number of nitrogens with zero attached hydrogens (tertiary/aromatic N) is 1. The molecule has 0 radical (unpaired) electrons. The second-order valence-electron chi connectivity index (χ2n) is 6.26. The van der Waals surface area contributed by atoms with Crippen LogP contribution in [0.2, 0.25) is 0 Å². The molecular formula is C13H23NO. The third kappa shape index (κ3) is 2.53. The first-order chi connectivity index (χ1) is 6.98. The van der Waals surface area contributed by atoms with Crippen LogP contribution in [0.15, 0.2) is 0 Å². The van der Waals surface area contributed by atoms with Crippen molar-refractivity contribution in [2.45, 2.75) is 46.5 Å². The maximum Gasteiger partial charge on any atom is 0.225 e. The van der Waals surface area contributed by atoms with E-state index in [0.717, 1.165) is 25.9 Å². The van der Waals surface area contributed by atoms with Crippen LogP contribution >= 0.6 is 0 Å². The molecule has 2 fully saturated rings. The summed E-state index contributed by atoms with van der Waals surface area (Å²) in [5.41, 5.74) is 0.350. The second-order valence-corrected chi connectivity index (χ2v) is 6.26. The minimum Gasteiger partial charge on any atom is -0.342 e. The number of likely N-dealkylation sites (tertiary alicyclic amines) is 1. The molecule has 1 heterocycles. The van der Waals surface area contributed by atoms with E-state index < -0.39 is 0 Å². The first-order valence-electron chi connectivity index (χ1n) is 6.27. The first kappa shape index (κ1) is 11.0. The fraction of sp³-hybridized carbons (Fsp3) is 0.923. The van der Waals surface area contributed by atoms with Crippen molar-refractivity contribution in [1.29, 1.82) is 0 Å². The van der Waals surface area contributed by atoms with E-state index in [1.165, 1.54) is 12.8 Å². The Bertz CT molecular complexity index is 250. The minimum atomic E-state index is 0.350. The Hall–Kier alpha value is -0.530. The summed E-state index contributed by atoms with van der Waals surface area (Å²) < 4.78 is 0. The van der Waals surface area contributed by atoms with Crippen molar-refractivity contribution in [3.05, 3.63) is 0 Å². The van der Waals surface area contributed by atoms with Gasteiger partial charge in [0, 0.05) is 19.0 Å². The Labute approximate surface area is 93.0 Å². The van der Waals surface area contributed by atoms with Crippen LogP contribution < -0.4 is 0 Å². The summed E-state index contributed by atoms with van der Waals surface area (Å²) in [6.07, 6.45) is 4.75. The van der Waals surface area contributed by atoms with Gasteiger partial charge in [0.1, 0.15) is 0 Å². The fourth-order valence-electron chi connectivity index (χ4n) is 2.47. The van der Waals surface area contributed by atoms with Gasteiger partial charge in [-0.2, -0.15) is 0 Å². The number of carbonyl (C=O) groups excluding carboxylic acids is 1. The van der Waals surface area contributed by atoms with Crippen molar-refractivity contribution in [3.8, 4) is 0 Å². The van der Waals surface area contributed by atoms with E-state index in [4.69, 9.17) is 0 Å². The summed E-state index contributed by atoms with van der Waals surface area (Å²) in [5, 5.41) is 0. The average Bonchev–Trinajstić information content (AvgIpc) is 2.99. The fourth-order valence-corrected chi connectivity index (χ4v) is 2.47. The minimum absolute atomic E-state index is 0.350. The predicted molar refractivity (Wildman–Crippen MR) is 61.5 cm³/mol. The highest BCUT2D eigenvalue weighted by atomic mass is 16.2. The van der Waals surface area contributed by atoms with Gasteiger partial charge in [-0.1, -0.05) is 20.8 Å². The largest absolute Gasteiger partial charge is 0.342 e. The SMILES string of the molecule is CC(C)(C)C1CCCN(C(=O)C2CC2)C1. The summed E-state index contributed by atoms with van der Waals surface area (Å²) in [4.78, 5) is 14.1. The number of rotatable bonds is 1. The lowest BCUT2D eigenvalue weighted by atomic mass is 9.76. The molecule has 0 N–H and O–H groups in total. The molecule has 1 saturated heterocycles. The zero-order chi connectivity index (χ0) is 11.1. The number of piperidine rings is 1. The van der Waals surface area contributed by atoms with Crippen LogP contribution in [0.3, 0.4) is 0 Å². The van der Waals surface area contributed by atoms with Crippen LogP contribution in [0.5, 0.6) is 0 Å². The Morgan fingerprint density at radius 2 is 1.87 bits per heavy atom. The number of hydrogen-bond acceptors (Lipinski definition) is 1. The molecule has 2 nitrogen and oxygen atoms in total. The summed E-state index contributed by atoms with van der Waals surface area (Å²) >= 11 is 0. The molecule has 0 spiro atoms. The van der Waals surface area contributed by atoms with Gasteiger partial charge in [-0.3, -0.25) is 4.79 Å². The van der Waals surface area contributed by atoms with Crippen LogP contribution in [0.4, 0.5) is 0 Å². The van der Waals surface area contributed by atoms with E-state index in [1.54, 1.807) is 0 Å². The van der Waals surface area contributed by atoms with Crippen LogP contribution in [-0.2, 0) is 4.79 Å². The van der Waals surface area contributed by atoms with Gasteiger partial charge in [0.05, 0.1) is 0 Å². The lowest BCUT2D eigenvalue weighted by Gasteiger charge is -2.39. The molecule has 2 heteroatoms. The molecule has 2 rings (SSSR count). The highest BCUT2D eigenvalue weighted by Gasteiger charge is 2.37. The number of hydrogen-bond donors (Lipinski definition) is 0. The quantitative estimate of drug-likeness (QED) is 0.650. The van der Waals surface area contributed by atoms with Crippen molar-refractivity contribution in [1.82, 2.24) is 4.90 Å². The molecule has 1 amide bonds. The molecule has 0 aromatic carbocycles. The average molecular weight is 209 g/mol. The normalized spacial score (nSPS) is 27.9. The molecule has 86 valence electrons. The lowest BCUT2D eigenvalue weighted by molar-refractivity contribution is -0.135. The summed E-state index contributed by atoms with van der Waals surface area (Å²) in [6, 6.07) is 0. The highest BCUT2D eigenvalue weighted by Crippen LogP contribution is 2.36. The lowest BCUT2D eigenvalue weighted by Crippen LogP contribution is -2.44. The molecule has 1 aliphatic heterocycles. The molecular weight excluding hydrogens is 186 g/mol. The van der Waals surface area contributed by atoms with Gasteiger partial charge >= 0.3 is 0 Å².